The van der Waals surface area contributed by atoms with E-state index < -0.39 is 0 Å². The van der Waals surface area contributed by atoms with Crippen LogP contribution < -0.4 is 5.73 Å². The van der Waals surface area contributed by atoms with Gasteiger partial charge >= 0.3 is 0 Å². The minimum absolute atomic E-state index is 0.0230. The van der Waals surface area contributed by atoms with Gasteiger partial charge in [-0.15, -0.1) is 0 Å². The molecule has 0 aromatic carbocycles. The highest BCUT2D eigenvalue weighted by Crippen LogP contribution is 2.15. The Kier molecular flexibility index (Phi) is 4.77. The van der Waals surface area contributed by atoms with Crippen LogP contribution in [-0.4, -0.2) is 24.0 Å². The molecule has 0 amide bonds. The maximum atomic E-state index is 6.29. The highest BCUT2D eigenvalue weighted by molar-refractivity contribution is 7.07. The van der Waals surface area contributed by atoms with Gasteiger partial charge in [-0.2, -0.15) is 11.3 Å². The van der Waals surface area contributed by atoms with E-state index in [1.807, 2.05) is 0 Å². The van der Waals surface area contributed by atoms with Gasteiger partial charge in [0.15, 0.2) is 0 Å². The summed E-state index contributed by atoms with van der Waals surface area (Å²) < 4.78 is 0. The fraction of sp³-hybridized carbons (Fsp3) is 0.667. The van der Waals surface area contributed by atoms with Gasteiger partial charge in [-0.25, -0.2) is 0 Å². The van der Waals surface area contributed by atoms with E-state index in [4.69, 9.17) is 5.73 Å². The molecule has 3 heteroatoms. The van der Waals surface area contributed by atoms with Gasteiger partial charge in [0, 0.05) is 18.6 Å². The Hall–Kier alpha value is -0.380. The summed E-state index contributed by atoms with van der Waals surface area (Å²) in [6.45, 7) is 6.31. The SMILES string of the molecule is CCC(N)(CC)CN(C)Cc1ccsc1. The van der Waals surface area contributed by atoms with Crippen molar-refractivity contribution in [3.63, 3.8) is 0 Å². The fourth-order valence-corrected chi connectivity index (χ4v) is 2.42. The second-order valence-electron chi connectivity index (χ2n) is 4.37. The van der Waals surface area contributed by atoms with Crippen LogP contribution in [0.1, 0.15) is 32.3 Å². The quantitative estimate of drug-likeness (QED) is 0.808. The van der Waals surface area contributed by atoms with Crippen LogP contribution in [0.25, 0.3) is 0 Å². The fourth-order valence-electron chi connectivity index (χ4n) is 1.76. The molecule has 0 saturated carbocycles. The second-order valence-corrected chi connectivity index (χ2v) is 5.15. The molecule has 0 spiro atoms. The molecular formula is C12H22N2S. The molecule has 0 fully saturated rings. The summed E-state index contributed by atoms with van der Waals surface area (Å²) in [6, 6.07) is 2.18. The van der Waals surface area contributed by atoms with E-state index in [1.54, 1.807) is 11.3 Å². The van der Waals surface area contributed by atoms with E-state index >= 15 is 0 Å². The van der Waals surface area contributed by atoms with E-state index in [-0.39, 0.29) is 5.54 Å². The van der Waals surface area contributed by atoms with Crippen molar-refractivity contribution in [1.29, 1.82) is 0 Å². The minimum atomic E-state index is -0.0230. The lowest BCUT2D eigenvalue weighted by Gasteiger charge is -2.31. The third-order valence-corrected chi connectivity index (χ3v) is 3.76. The standard InChI is InChI=1S/C12H22N2S/c1-4-12(13,5-2)10-14(3)8-11-6-7-15-9-11/h6-7,9H,4-5,8,10,13H2,1-3H3. The molecule has 1 aromatic rings. The summed E-state index contributed by atoms with van der Waals surface area (Å²) in [5, 5.41) is 4.32. The van der Waals surface area contributed by atoms with Crippen LogP contribution in [0.15, 0.2) is 16.8 Å². The molecular weight excluding hydrogens is 204 g/mol. The summed E-state index contributed by atoms with van der Waals surface area (Å²) in [7, 11) is 2.14. The number of nitrogens with two attached hydrogens (primary N) is 1. The maximum Gasteiger partial charge on any atom is 0.0278 e. The van der Waals surface area contributed by atoms with Gasteiger partial charge in [-0.1, -0.05) is 13.8 Å². The molecule has 2 N–H and O–H groups in total. The maximum absolute atomic E-state index is 6.29. The first-order valence-electron chi connectivity index (χ1n) is 5.58. The van der Waals surface area contributed by atoms with Crippen molar-refractivity contribution < 1.29 is 0 Å². The van der Waals surface area contributed by atoms with Gasteiger partial charge in [-0.05, 0) is 42.3 Å². The van der Waals surface area contributed by atoms with Gasteiger partial charge in [0.05, 0.1) is 0 Å². The number of nitrogens with zero attached hydrogens (tertiary/aromatic N) is 1. The molecule has 1 aromatic heterocycles. The van der Waals surface area contributed by atoms with Crippen LogP contribution in [-0.2, 0) is 6.54 Å². The molecule has 1 rings (SSSR count). The van der Waals surface area contributed by atoms with Gasteiger partial charge in [0.25, 0.3) is 0 Å². The molecule has 0 bridgehead atoms. The van der Waals surface area contributed by atoms with Crippen molar-refractivity contribution in [3.05, 3.63) is 22.4 Å². The smallest absolute Gasteiger partial charge is 0.0278 e. The van der Waals surface area contributed by atoms with E-state index in [2.05, 4.69) is 42.6 Å². The zero-order chi connectivity index (χ0) is 11.3. The van der Waals surface area contributed by atoms with Crippen LogP contribution in [0.3, 0.4) is 0 Å². The van der Waals surface area contributed by atoms with Gasteiger partial charge in [0.2, 0.25) is 0 Å². The molecule has 2 nitrogen and oxygen atoms in total. The number of thiophene rings is 1. The van der Waals surface area contributed by atoms with Crippen molar-refractivity contribution in [1.82, 2.24) is 4.90 Å². The highest BCUT2D eigenvalue weighted by atomic mass is 32.1. The number of rotatable bonds is 6. The predicted molar refractivity (Wildman–Crippen MR) is 68.2 cm³/mol. The highest BCUT2D eigenvalue weighted by Gasteiger charge is 2.21. The first kappa shape index (κ1) is 12.7. The van der Waals surface area contributed by atoms with Crippen LogP contribution >= 0.6 is 11.3 Å². The molecule has 1 heterocycles. The first-order valence-corrected chi connectivity index (χ1v) is 6.52. The van der Waals surface area contributed by atoms with Crippen LogP contribution in [0.4, 0.5) is 0 Å². The lowest BCUT2D eigenvalue weighted by atomic mass is 9.93. The van der Waals surface area contributed by atoms with Gasteiger partial charge in [0.1, 0.15) is 0 Å². The van der Waals surface area contributed by atoms with E-state index in [1.165, 1.54) is 5.56 Å². The van der Waals surface area contributed by atoms with Crippen molar-refractivity contribution >= 4 is 11.3 Å². The molecule has 0 radical (unpaired) electrons. The van der Waals surface area contributed by atoms with E-state index in [0.29, 0.717) is 0 Å². The average molecular weight is 226 g/mol. The van der Waals surface area contributed by atoms with Crippen molar-refractivity contribution in [2.45, 2.75) is 38.8 Å². The average Bonchev–Trinajstić information content (AvgIpc) is 2.70. The Morgan fingerprint density at radius 1 is 1.40 bits per heavy atom. The molecule has 0 aliphatic carbocycles. The third-order valence-electron chi connectivity index (χ3n) is 3.03. The molecule has 86 valence electrons. The normalized spacial score (nSPS) is 12.3. The summed E-state index contributed by atoms with van der Waals surface area (Å²) in [4.78, 5) is 2.31. The van der Waals surface area contributed by atoms with Crippen LogP contribution in [0.2, 0.25) is 0 Å². The lowest BCUT2D eigenvalue weighted by molar-refractivity contribution is 0.228. The van der Waals surface area contributed by atoms with Crippen molar-refractivity contribution in [2.24, 2.45) is 5.73 Å². The zero-order valence-corrected chi connectivity index (χ0v) is 10.8. The summed E-state index contributed by atoms with van der Waals surface area (Å²) >= 11 is 1.75. The van der Waals surface area contributed by atoms with Gasteiger partial charge < -0.3 is 10.6 Å². The molecule has 0 aliphatic heterocycles. The van der Waals surface area contributed by atoms with E-state index in [0.717, 1.165) is 25.9 Å². The minimum Gasteiger partial charge on any atom is -0.324 e. The van der Waals surface area contributed by atoms with Crippen LogP contribution in [0.5, 0.6) is 0 Å². The Labute approximate surface area is 97.1 Å². The third kappa shape index (κ3) is 3.93. The molecule has 0 atom stereocenters. The van der Waals surface area contributed by atoms with Crippen molar-refractivity contribution in [2.75, 3.05) is 13.6 Å². The van der Waals surface area contributed by atoms with Crippen molar-refractivity contribution in [3.8, 4) is 0 Å². The predicted octanol–water partition coefficient (Wildman–Crippen LogP) is 2.70. The monoisotopic (exact) mass is 226 g/mol. The number of likely N-dealkylation sites (N-methyl/N-ethyl adjacent to an activating group) is 1. The Balaban J connectivity index is 2.44. The Morgan fingerprint density at radius 3 is 2.53 bits per heavy atom. The Morgan fingerprint density at radius 2 is 2.07 bits per heavy atom. The topological polar surface area (TPSA) is 29.3 Å². The molecule has 15 heavy (non-hydrogen) atoms. The number of hydrogen-bond acceptors (Lipinski definition) is 3. The van der Waals surface area contributed by atoms with Crippen LogP contribution in [0, 0.1) is 0 Å². The zero-order valence-electron chi connectivity index (χ0n) is 9.99. The van der Waals surface area contributed by atoms with Gasteiger partial charge in [-0.3, -0.25) is 0 Å². The molecule has 0 unspecified atom stereocenters. The Bertz CT molecular complexity index is 265. The summed E-state index contributed by atoms with van der Waals surface area (Å²) in [5.74, 6) is 0. The second kappa shape index (κ2) is 5.64. The largest absolute Gasteiger partial charge is 0.324 e. The summed E-state index contributed by atoms with van der Waals surface area (Å²) in [5.41, 5.74) is 7.65. The molecule has 0 saturated heterocycles. The first-order chi connectivity index (χ1) is 7.09. The van der Waals surface area contributed by atoms with E-state index in [9.17, 15) is 0 Å². The number of hydrogen-bond donors (Lipinski definition) is 1. The lowest BCUT2D eigenvalue weighted by Crippen LogP contribution is -2.48. The summed E-state index contributed by atoms with van der Waals surface area (Å²) in [6.07, 6.45) is 2.08. The molecule has 0 aliphatic rings.